The van der Waals surface area contributed by atoms with Gasteiger partial charge in [-0.05, 0) is 35.9 Å². The van der Waals surface area contributed by atoms with Crippen molar-refractivity contribution in [3.05, 3.63) is 101 Å². The van der Waals surface area contributed by atoms with Crippen molar-refractivity contribution in [3.8, 4) is 5.75 Å². The molecule has 0 aliphatic rings. The molecular weight excluding hydrogens is 513 g/mol. The van der Waals surface area contributed by atoms with Gasteiger partial charge >= 0.3 is 6.18 Å². The van der Waals surface area contributed by atoms with Crippen LogP contribution in [0.5, 0.6) is 5.75 Å². The molecule has 1 heterocycles. The molecule has 0 saturated carbocycles. The number of nitrogens with one attached hydrogen (secondary N) is 1. The Labute approximate surface area is 214 Å². The van der Waals surface area contributed by atoms with Gasteiger partial charge < -0.3 is 10.1 Å². The summed E-state index contributed by atoms with van der Waals surface area (Å²) in [6, 6.07) is 21.9. The van der Waals surface area contributed by atoms with Crippen LogP contribution in [0.25, 0.3) is 0 Å². The van der Waals surface area contributed by atoms with Crippen LogP contribution >= 0.6 is 23.4 Å². The highest BCUT2D eigenvalue weighted by Crippen LogP contribution is 2.36. The van der Waals surface area contributed by atoms with Crippen molar-refractivity contribution in [2.24, 2.45) is 0 Å². The van der Waals surface area contributed by atoms with Crippen molar-refractivity contribution >= 4 is 35.0 Å². The zero-order valence-corrected chi connectivity index (χ0v) is 20.3. The zero-order valence-electron chi connectivity index (χ0n) is 18.7. The molecule has 1 N–H and O–H groups in total. The number of hydrogen-bond acceptors (Lipinski definition) is 5. The summed E-state index contributed by atoms with van der Waals surface area (Å²) in [5, 5.41) is 11.2. The summed E-state index contributed by atoms with van der Waals surface area (Å²) in [6.07, 6.45) is -4.64. The number of alkyl halides is 3. The van der Waals surface area contributed by atoms with E-state index in [0.29, 0.717) is 23.3 Å². The normalized spacial score (nSPS) is 11.3. The van der Waals surface area contributed by atoms with E-state index in [1.807, 2.05) is 65.2 Å². The lowest BCUT2D eigenvalue weighted by atomic mass is 10.1. The van der Waals surface area contributed by atoms with Gasteiger partial charge in [-0.1, -0.05) is 71.9 Å². The van der Waals surface area contributed by atoms with Crippen LogP contribution in [0.1, 0.15) is 17.0 Å². The fraction of sp³-hybridized carbons (Fsp3) is 0.160. The number of carbonyl (C=O) groups is 1. The predicted octanol–water partition coefficient (Wildman–Crippen LogP) is 6.31. The number of aromatic nitrogens is 3. The van der Waals surface area contributed by atoms with Crippen LogP contribution < -0.4 is 10.1 Å². The Morgan fingerprint density at radius 3 is 2.39 bits per heavy atom. The molecule has 4 rings (SSSR count). The highest BCUT2D eigenvalue weighted by atomic mass is 35.5. The Bertz CT molecular complexity index is 1320. The number of nitrogens with zero attached hydrogens (tertiary/aromatic N) is 3. The molecule has 0 bridgehead atoms. The molecule has 0 atom stereocenters. The Morgan fingerprint density at radius 1 is 1.00 bits per heavy atom. The van der Waals surface area contributed by atoms with Crippen LogP contribution in [0.4, 0.5) is 18.9 Å². The van der Waals surface area contributed by atoms with Crippen LogP contribution in [0.15, 0.2) is 84.0 Å². The fourth-order valence-electron chi connectivity index (χ4n) is 3.31. The monoisotopic (exact) mass is 532 g/mol. The first-order valence-electron chi connectivity index (χ1n) is 10.7. The maximum Gasteiger partial charge on any atom is 0.418 e. The molecule has 11 heteroatoms. The van der Waals surface area contributed by atoms with Crippen molar-refractivity contribution in [2.45, 2.75) is 24.5 Å². The first-order valence-corrected chi connectivity index (χ1v) is 12.1. The van der Waals surface area contributed by atoms with Crippen LogP contribution in [0.2, 0.25) is 5.02 Å². The van der Waals surface area contributed by atoms with Gasteiger partial charge in [0.2, 0.25) is 5.91 Å². The third-order valence-corrected chi connectivity index (χ3v) is 6.18. The first-order chi connectivity index (χ1) is 17.3. The molecule has 0 saturated heterocycles. The molecule has 3 aromatic carbocycles. The van der Waals surface area contributed by atoms with Gasteiger partial charge in [0.25, 0.3) is 0 Å². The van der Waals surface area contributed by atoms with Crippen molar-refractivity contribution in [1.29, 1.82) is 0 Å². The summed E-state index contributed by atoms with van der Waals surface area (Å²) >= 11 is 6.90. The van der Waals surface area contributed by atoms with E-state index in [-0.39, 0.29) is 17.4 Å². The topological polar surface area (TPSA) is 69.0 Å². The quantitative estimate of drug-likeness (QED) is 0.256. The SMILES string of the molecule is O=C(CSc1nnc(COc2ccccc2)n1Cc1ccccc1)Nc1cc(Cl)ccc1C(F)(F)F. The smallest absolute Gasteiger partial charge is 0.418 e. The lowest BCUT2D eigenvalue weighted by Gasteiger charge is -2.14. The highest BCUT2D eigenvalue weighted by molar-refractivity contribution is 7.99. The van der Waals surface area contributed by atoms with Gasteiger partial charge in [-0.15, -0.1) is 10.2 Å². The Hall–Kier alpha value is -3.50. The number of halogens is 4. The van der Waals surface area contributed by atoms with E-state index in [1.165, 1.54) is 0 Å². The molecule has 1 aromatic heterocycles. The van der Waals surface area contributed by atoms with Gasteiger partial charge in [0.05, 0.1) is 23.5 Å². The minimum atomic E-state index is -4.64. The molecule has 36 heavy (non-hydrogen) atoms. The summed E-state index contributed by atoms with van der Waals surface area (Å²) in [5.41, 5.74) is -0.389. The number of benzene rings is 3. The molecule has 1 amide bonds. The van der Waals surface area contributed by atoms with E-state index in [0.717, 1.165) is 35.5 Å². The summed E-state index contributed by atoms with van der Waals surface area (Å²) in [5.74, 6) is 0.391. The molecule has 0 radical (unpaired) electrons. The minimum absolute atomic E-state index is 0.0802. The first kappa shape index (κ1) is 25.6. The van der Waals surface area contributed by atoms with Gasteiger partial charge in [-0.25, -0.2) is 0 Å². The van der Waals surface area contributed by atoms with Gasteiger partial charge in [-0.3, -0.25) is 9.36 Å². The standard InChI is InChI=1S/C25H20ClF3N4O2S/c26-18-11-12-20(25(27,28)29)21(13-18)30-23(34)16-36-24-32-31-22(15-35-19-9-5-2-6-10-19)33(24)14-17-7-3-1-4-8-17/h1-13H,14-16H2,(H,30,34). The summed E-state index contributed by atoms with van der Waals surface area (Å²) in [7, 11) is 0. The van der Waals surface area contributed by atoms with Crippen LogP contribution in [-0.4, -0.2) is 26.4 Å². The third kappa shape index (κ3) is 6.79. The van der Waals surface area contributed by atoms with Crippen LogP contribution in [0.3, 0.4) is 0 Å². The van der Waals surface area contributed by atoms with Crippen molar-refractivity contribution in [3.63, 3.8) is 0 Å². The third-order valence-electron chi connectivity index (χ3n) is 4.98. The van der Waals surface area contributed by atoms with Crippen LogP contribution in [0, 0.1) is 0 Å². The number of hydrogen-bond donors (Lipinski definition) is 1. The molecule has 4 aromatic rings. The van der Waals surface area contributed by atoms with E-state index >= 15 is 0 Å². The van der Waals surface area contributed by atoms with E-state index in [2.05, 4.69) is 15.5 Å². The second kappa shape index (κ2) is 11.5. The second-order valence-electron chi connectivity index (χ2n) is 7.60. The average molecular weight is 533 g/mol. The summed E-state index contributed by atoms with van der Waals surface area (Å²) in [4.78, 5) is 12.5. The number of amides is 1. The molecule has 0 fully saturated rings. The number of ether oxygens (including phenoxy) is 1. The van der Waals surface area contributed by atoms with Crippen molar-refractivity contribution in [2.75, 3.05) is 11.1 Å². The van der Waals surface area contributed by atoms with Crippen molar-refractivity contribution < 1.29 is 22.7 Å². The Balaban J connectivity index is 1.49. The zero-order chi connectivity index (χ0) is 25.5. The molecule has 0 spiro atoms. The van der Waals surface area contributed by atoms with Crippen molar-refractivity contribution in [1.82, 2.24) is 14.8 Å². The predicted molar refractivity (Wildman–Crippen MR) is 132 cm³/mol. The molecule has 0 unspecified atom stereocenters. The number of carbonyl (C=O) groups excluding carboxylic acids is 1. The van der Waals surface area contributed by atoms with Gasteiger partial charge in [0, 0.05) is 5.02 Å². The maximum atomic E-state index is 13.3. The lowest BCUT2D eigenvalue weighted by molar-refractivity contribution is -0.137. The molecular formula is C25H20ClF3N4O2S. The summed E-state index contributed by atoms with van der Waals surface area (Å²) in [6.45, 7) is 0.575. The molecule has 6 nitrogen and oxygen atoms in total. The number of para-hydroxylation sites is 1. The van der Waals surface area contributed by atoms with E-state index in [4.69, 9.17) is 16.3 Å². The molecule has 0 aliphatic carbocycles. The fourth-order valence-corrected chi connectivity index (χ4v) is 4.23. The molecule has 186 valence electrons. The number of anilines is 1. The largest absolute Gasteiger partial charge is 0.486 e. The summed E-state index contributed by atoms with van der Waals surface area (Å²) < 4.78 is 47.5. The maximum absolute atomic E-state index is 13.3. The Morgan fingerprint density at radius 2 is 1.69 bits per heavy atom. The minimum Gasteiger partial charge on any atom is -0.486 e. The van der Waals surface area contributed by atoms with E-state index in [1.54, 1.807) is 0 Å². The Kier molecular flexibility index (Phi) is 8.17. The van der Waals surface area contributed by atoms with E-state index in [9.17, 15) is 18.0 Å². The number of rotatable bonds is 9. The lowest BCUT2D eigenvalue weighted by Crippen LogP contribution is -2.18. The molecule has 0 aliphatic heterocycles. The number of thioether (sulfide) groups is 1. The van der Waals surface area contributed by atoms with Gasteiger partial charge in [-0.2, -0.15) is 13.2 Å². The van der Waals surface area contributed by atoms with Gasteiger partial charge in [0.15, 0.2) is 11.0 Å². The van der Waals surface area contributed by atoms with Gasteiger partial charge in [0.1, 0.15) is 12.4 Å². The average Bonchev–Trinajstić information content (AvgIpc) is 3.23. The second-order valence-corrected chi connectivity index (χ2v) is 8.98. The van der Waals surface area contributed by atoms with Crippen LogP contribution in [-0.2, 0) is 24.1 Å². The highest BCUT2D eigenvalue weighted by Gasteiger charge is 2.34. The van der Waals surface area contributed by atoms with E-state index < -0.39 is 23.3 Å².